The molecule has 0 aliphatic rings. The Bertz CT molecular complexity index is 474. The number of rotatable bonds is 6. The van der Waals surface area contributed by atoms with Crippen molar-refractivity contribution in [3.05, 3.63) is 29.6 Å². The number of pyridine rings is 1. The highest BCUT2D eigenvalue weighted by Crippen LogP contribution is 2.10. The molecule has 5 heteroatoms. The molecular weight excluding hydrogens is 256 g/mol. The first-order chi connectivity index (χ1) is 9.31. The van der Waals surface area contributed by atoms with Gasteiger partial charge in [-0.15, -0.1) is 0 Å². The summed E-state index contributed by atoms with van der Waals surface area (Å²) in [6.07, 6.45) is 1.36. The summed E-state index contributed by atoms with van der Waals surface area (Å²) in [5.41, 5.74) is 0.267. The molecule has 0 aliphatic heterocycles. The maximum Gasteiger partial charge on any atom is 0.335 e. The Morgan fingerprint density at radius 3 is 2.20 bits per heavy atom. The molecule has 0 aliphatic carbocycles. The third kappa shape index (κ3) is 4.64. The minimum absolute atomic E-state index is 0.0809. The molecule has 20 heavy (non-hydrogen) atoms. The number of aromatic carboxylic acids is 1. The molecule has 0 fully saturated rings. The van der Waals surface area contributed by atoms with E-state index in [1.54, 1.807) is 4.90 Å². The second-order valence-electron chi connectivity index (χ2n) is 5.73. The van der Waals surface area contributed by atoms with Crippen LogP contribution in [-0.4, -0.2) is 40.0 Å². The van der Waals surface area contributed by atoms with Crippen molar-refractivity contribution < 1.29 is 14.7 Å². The van der Waals surface area contributed by atoms with E-state index in [1.807, 2.05) is 27.7 Å². The lowest BCUT2D eigenvalue weighted by atomic mass is 10.1. The van der Waals surface area contributed by atoms with Crippen LogP contribution in [0.4, 0.5) is 0 Å². The Balaban J connectivity index is 2.98. The average molecular weight is 278 g/mol. The zero-order valence-electron chi connectivity index (χ0n) is 12.5. The van der Waals surface area contributed by atoms with Gasteiger partial charge in [0.2, 0.25) is 0 Å². The number of carboxylic acids is 1. The quantitative estimate of drug-likeness (QED) is 0.868. The summed E-state index contributed by atoms with van der Waals surface area (Å²) in [5.74, 6) is -0.572. The highest BCUT2D eigenvalue weighted by molar-refractivity contribution is 5.95. The summed E-state index contributed by atoms with van der Waals surface area (Å²) in [7, 11) is 0. The monoisotopic (exact) mass is 278 g/mol. The zero-order chi connectivity index (χ0) is 15.3. The van der Waals surface area contributed by atoms with E-state index in [0.29, 0.717) is 24.9 Å². The van der Waals surface area contributed by atoms with Crippen LogP contribution < -0.4 is 0 Å². The van der Waals surface area contributed by atoms with E-state index < -0.39 is 5.97 Å². The van der Waals surface area contributed by atoms with Crippen LogP contribution in [0, 0.1) is 11.8 Å². The molecule has 1 N–H and O–H groups in total. The van der Waals surface area contributed by atoms with Crippen LogP contribution in [0.1, 0.15) is 48.5 Å². The van der Waals surface area contributed by atoms with Gasteiger partial charge in [0, 0.05) is 19.3 Å². The number of aromatic nitrogens is 1. The summed E-state index contributed by atoms with van der Waals surface area (Å²) >= 11 is 0. The van der Waals surface area contributed by atoms with E-state index in [4.69, 9.17) is 5.11 Å². The fraction of sp³-hybridized carbons (Fsp3) is 0.533. The Kier molecular flexibility index (Phi) is 5.67. The van der Waals surface area contributed by atoms with E-state index in [1.165, 1.54) is 18.3 Å². The summed E-state index contributed by atoms with van der Waals surface area (Å²) in [6.45, 7) is 9.44. The van der Waals surface area contributed by atoms with Gasteiger partial charge < -0.3 is 10.0 Å². The lowest BCUT2D eigenvalue weighted by Crippen LogP contribution is -2.37. The van der Waals surface area contributed by atoms with Crippen molar-refractivity contribution in [2.45, 2.75) is 27.7 Å². The molecule has 5 nitrogen and oxygen atoms in total. The largest absolute Gasteiger partial charge is 0.478 e. The molecule has 1 aromatic heterocycles. The predicted molar refractivity (Wildman–Crippen MR) is 76.8 cm³/mol. The summed E-state index contributed by atoms with van der Waals surface area (Å²) < 4.78 is 0. The predicted octanol–water partition coefficient (Wildman–Crippen LogP) is 2.53. The molecule has 1 aromatic rings. The highest BCUT2D eigenvalue weighted by Gasteiger charge is 2.20. The van der Waals surface area contributed by atoms with Gasteiger partial charge in [0.05, 0.1) is 5.56 Å². The average Bonchev–Trinajstić information content (AvgIpc) is 2.36. The Labute approximate surface area is 119 Å². The van der Waals surface area contributed by atoms with Crippen molar-refractivity contribution in [1.29, 1.82) is 0 Å². The SMILES string of the molecule is CC(C)CN(CC(C)C)C(=O)c1cc(C(=O)O)ccn1. The van der Waals surface area contributed by atoms with Gasteiger partial charge >= 0.3 is 5.97 Å². The van der Waals surface area contributed by atoms with Crippen LogP contribution in [-0.2, 0) is 0 Å². The molecule has 1 amide bonds. The van der Waals surface area contributed by atoms with Crippen molar-refractivity contribution in [2.75, 3.05) is 13.1 Å². The first kappa shape index (κ1) is 16.1. The third-order valence-electron chi connectivity index (χ3n) is 2.68. The van der Waals surface area contributed by atoms with E-state index in [2.05, 4.69) is 4.98 Å². The van der Waals surface area contributed by atoms with Gasteiger partial charge in [-0.2, -0.15) is 0 Å². The number of carbonyl (C=O) groups is 2. The molecule has 1 rings (SSSR count). The Hall–Kier alpha value is -1.91. The first-order valence-corrected chi connectivity index (χ1v) is 6.79. The minimum Gasteiger partial charge on any atom is -0.478 e. The van der Waals surface area contributed by atoms with E-state index in [0.717, 1.165) is 0 Å². The molecule has 0 saturated carbocycles. The van der Waals surface area contributed by atoms with E-state index in [9.17, 15) is 9.59 Å². The van der Waals surface area contributed by atoms with Gasteiger partial charge in [-0.25, -0.2) is 4.79 Å². The summed E-state index contributed by atoms with van der Waals surface area (Å²) in [5, 5.41) is 8.97. The molecule has 0 atom stereocenters. The van der Waals surface area contributed by atoms with E-state index >= 15 is 0 Å². The number of hydrogen-bond donors (Lipinski definition) is 1. The smallest absolute Gasteiger partial charge is 0.335 e. The van der Waals surface area contributed by atoms with Crippen molar-refractivity contribution in [1.82, 2.24) is 9.88 Å². The highest BCUT2D eigenvalue weighted by atomic mass is 16.4. The van der Waals surface area contributed by atoms with Gasteiger partial charge in [0.25, 0.3) is 5.91 Å². The Morgan fingerprint density at radius 2 is 1.75 bits per heavy atom. The van der Waals surface area contributed by atoms with Gasteiger partial charge in [-0.1, -0.05) is 27.7 Å². The summed E-state index contributed by atoms with van der Waals surface area (Å²) in [6, 6.07) is 2.71. The molecule has 110 valence electrons. The van der Waals surface area contributed by atoms with Crippen LogP contribution in [0.2, 0.25) is 0 Å². The molecule has 0 unspecified atom stereocenters. The maximum atomic E-state index is 12.5. The van der Waals surface area contributed by atoms with Crippen LogP contribution in [0.3, 0.4) is 0 Å². The lowest BCUT2D eigenvalue weighted by molar-refractivity contribution is 0.0696. The lowest BCUT2D eigenvalue weighted by Gasteiger charge is -2.26. The standard InChI is InChI=1S/C15H22N2O3/c1-10(2)8-17(9-11(3)4)14(18)13-7-12(15(19)20)5-6-16-13/h5-7,10-11H,8-9H2,1-4H3,(H,19,20). The molecule has 0 spiro atoms. The van der Waals surface area contributed by atoms with Gasteiger partial charge in [0.15, 0.2) is 0 Å². The normalized spacial score (nSPS) is 10.9. The number of carboxylic acid groups (broad SMARTS) is 1. The molecule has 0 radical (unpaired) electrons. The number of amides is 1. The van der Waals surface area contributed by atoms with Crippen molar-refractivity contribution in [2.24, 2.45) is 11.8 Å². The molecule has 0 bridgehead atoms. The zero-order valence-corrected chi connectivity index (χ0v) is 12.5. The van der Waals surface area contributed by atoms with Gasteiger partial charge in [0.1, 0.15) is 5.69 Å². The first-order valence-electron chi connectivity index (χ1n) is 6.79. The fourth-order valence-electron chi connectivity index (χ4n) is 1.96. The molecular formula is C15H22N2O3. The van der Waals surface area contributed by atoms with Gasteiger partial charge in [-0.05, 0) is 24.0 Å². The summed E-state index contributed by atoms with van der Waals surface area (Å²) in [4.78, 5) is 29.2. The third-order valence-corrected chi connectivity index (χ3v) is 2.68. The van der Waals surface area contributed by atoms with Crippen molar-refractivity contribution in [3.63, 3.8) is 0 Å². The minimum atomic E-state index is -1.05. The van der Waals surface area contributed by atoms with Crippen LogP contribution in [0.25, 0.3) is 0 Å². The van der Waals surface area contributed by atoms with Crippen LogP contribution in [0.5, 0.6) is 0 Å². The van der Waals surface area contributed by atoms with Crippen LogP contribution in [0.15, 0.2) is 18.3 Å². The molecule has 0 aromatic carbocycles. The van der Waals surface area contributed by atoms with Crippen molar-refractivity contribution >= 4 is 11.9 Å². The Morgan fingerprint density at radius 1 is 1.20 bits per heavy atom. The fourth-order valence-corrected chi connectivity index (χ4v) is 1.96. The number of carbonyl (C=O) groups excluding carboxylic acids is 1. The number of hydrogen-bond acceptors (Lipinski definition) is 3. The van der Waals surface area contributed by atoms with Gasteiger partial charge in [-0.3, -0.25) is 9.78 Å². The molecule has 1 heterocycles. The second-order valence-corrected chi connectivity index (χ2v) is 5.73. The van der Waals surface area contributed by atoms with Crippen molar-refractivity contribution in [3.8, 4) is 0 Å². The maximum absolute atomic E-state index is 12.5. The topological polar surface area (TPSA) is 70.5 Å². The van der Waals surface area contributed by atoms with E-state index in [-0.39, 0.29) is 17.2 Å². The van der Waals surface area contributed by atoms with Crippen LogP contribution >= 0.6 is 0 Å². The molecule has 0 saturated heterocycles. The second kappa shape index (κ2) is 7.03. The number of nitrogens with zero attached hydrogens (tertiary/aromatic N) is 2.